The summed E-state index contributed by atoms with van der Waals surface area (Å²) in [6, 6.07) is 12.4. The van der Waals surface area contributed by atoms with Crippen LogP contribution >= 0.6 is 11.8 Å². The SMILES string of the molecule is COc1ccc(/C=N/Nc2nnc(SCC(=O)c3ccc(OC)c(OC)c3)n2N)cc1. The summed E-state index contributed by atoms with van der Waals surface area (Å²) < 4.78 is 16.8. The van der Waals surface area contributed by atoms with Gasteiger partial charge >= 0.3 is 0 Å². The molecule has 0 saturated heterocycles. The first kappa shape index (κ1) is 22.0. The van der Waals surface area contributed by atoms with Gasteiger partial charge in [-0.1, -0.05) is 11.8 Å². The lowest BCUT2D eigenvalue weighted by molar-refractivity contribution is 0.102. The molecule has 0 bridgehead atoms. The second kappa shape index (κ2) is 10.3. The highest BCUT2D eigenvalue weighted by molar-refractivity contribution is 7.99. The molecule has 0 fully saturated rings. The molecular formula is C20H22N6O4S. The first-order valence-electron chi connectivity index (χ1n) is 9.07. The van der Waals surface area contributed by atoms with Gasteiger partial charge in [-0.15, -0.1) is 10.2 Å². The number of carbonyl (C=O) groups is 1. The summed E-state index contributed by atoms with van der Waals surface area (Å²) >= 11 is 1.17. The Kier molecular flexibility index (Phi) is 7.33. The van der Waals surface area contributed by atoms with E-state index in [0.29, 0.717) is 22.2 Å². The molecule has 0 atom stereocenters. The van der Waals surface area contributed by atoms with Crippen molar-refractivity contribution in [2.45, 2.75) is 5.16 Å². The van der Waals surface area contributed by atoms with E-state index in [4.69, 9.17) is 20.1 Å². The van der Waals surface area contributed by atoms with Gasteiger partial charge in [0.05, 0.1) is 33.3 Å². The van der Waals surface area contributed by atoms with E-state index in [1.165, 1.54) is 30.7 Å². The van der Waals surface area contributed by atoms with Gasteiger partial charge in [0.1, 0.15) is 5.75 Å². The number of ketones is 1. The molecule has 0 aliphatic rings. The van der Waals surface area contributed by atoms with Gasteiger partial charge in [-0.25, -0.2) is 10.1 Å². The van der Waals surface area contributed by atoms with Gasteiger partial charge < -0.3 is 20.1 Å². The molecule has 0 amide bonds. The summed E-state index contributed by atoms with van der Waals surface area (Å²) in [5, 5.41) is 12.4. The van der Waals surface area contributed by atoms with E-state index in [0.717, 1.165) is 11.3 Å². The summed E-state index contributed by atoms with van der Waals surface area (Å²) in [5.74, 6) is 8.06. The number of ether oxygens (including phenoxy) is 3. The molecule has 0 spiro atoms. The standard InChI is InChI=1S/C20H22N6O4S/c1-28-15-7-4-13(5-8-15)11-22-23-19-24-25-20(26(19)21)31-12-16(27)14-6-9-17(29-2)18(10-14)30-3/h4-11H,12,21H2,1-3H3,(H,23,24)/b22-11+. The average Bonchev–Trinajstić information content (AvgIpc) is 3.16. The number of nitrogens with one attached hydrogen (secondary N) is 1. The molecule has 0 unspecified atom stereocenters. The Hall–Kier alpha value is -3.73. The first-order chi connectivity index (χ1) is 15.0. The van der Waals surface area contributed by atoms with Crippen LogP contribution in [0.4, 0.5) is 5.95 Å². The third-order valence-corrected chi connectivity index (χ3v) is 5.14. The van der Waals surface area contributed by atoms with Crippen LogP contribution in [0.1, 0.15) is 15.9 Å². The Morgan fingerprint density at radius 3 is 2.52 bits per heavy atom. The van der Waals surface area contributed by atoms with E-state index in [-0.39, 0.29) is 17.5 Å². The second-order valence-corrected chi connectivity index (χ2v) is 7.04. The molecule has 10 nitrogen and oxygen atoms in total. The number of rotatable bonds is 10. The van der Waals surface area contributed by atoms with Gasteiger partial charge in [0, 0.05) is 5.56 Å². The third-order valence-electron chi connectivity index (χ3n) is 4.20. The van der Waals surface area contributed by atoms with Crippen molar-refractivity contribution >= 4 is 29.7 Å². The number of nitrogens with two attached hydrogens (primary N) is 1. The van der Waals surface area contributed by atoms with Crippen molar-refractivity contribution in [1.29, 1.82) is 0 Å². The fourth-order valence-corrected chi connectivity index (χ4v) is 3.28. The number of benzene rings is 2. The molecule has 3 aromatic rings. The molecule has 3 rings (SSSR count). The number of hydrogen-bond donors (Lipinski definition) is 2. The zero-order valence-electron chi connectivity index (χ0n) is 17.2. The zero-order valence-corrected chi connectivity index (χ0v) is 18.0. The molecular weight excluding hydrogens is 420 g/mol. The maximum absolute atomic E-state index is 12.5. The number of hydrazone groups is 1. The van der Waals surface area contributed by atoms with Gasteiger partial charge in [-0.3, -0.25) is 4.79 Å². The van der Waals surface area contributed by atoms with Crippen molar-refractivity contribution in [2.75, 3.05) is 38.4 Å². The monoisotopic (exact) mass is 442 g/mol. The zero-order chi connectivity index (χ0) is 22.2. The molecule has 0 aliphatic carbocycles. The molecule has 11 heteroatoms. The second-order valence-electron chi connectivity index (χ2n) is 6.10. The lowest BCUT2D eigenvalue weighted by Crippen LogP contribution is -2.14. The highest BCUT2D eigenvalue weighted by atomic mass is 32.2. The first-order valence-corrected chi connectivity index (χ1v) is 10.1. The largest absolute Gasteiger partial charge is 0.497 e. The Balaban J connectivity index is 1.58. The van der Waals surface area contributed by atoms with Gasteiger partial charge in [0.25, 0.3) is 5.95 Å². The average molecular weight is 443 g/mol. The number of Topliss-reactive ketones (excluding diaryl/α,β-unsaturated/α-hetero) is 1. The minimum absolute atomic E-state index is 0.110. The minimum Gasteiger partial charge on any atom is -0.497 e. The Labute approximate surface area is 183 Å². The summed E-state index contributed by atoms with van der Waals surface area (Å²) in [7, 11) is 4.66. The highest BCUT2D eigenvalue weighted by Gasteiger charge is 2.15. The topological polar surface area (TPSA) is 126 Å². The summed E-state index contributed by atoms with van der Waals surface area (Å²) in [5.41, 5.74) is 4.09. The predicted octanol–water partition coefficient (Wildman–Crippen LogP) is 2.44. The number of methoxy groups -OCH3 is 3. The Morgan fingerprint density at radius 1 is 1.10 bits per heavy atom. The molecule has 31 heavy (non-hydrogen) atoms. The fourth-order valence-electron chi connectivity index (χ4n) is 2.53. The van der Waals surface area contributed by atoms with E-state index in [9.17, 15) is 4.79 Å². The molecule has 1 aromatic heterocycles. The summed E-state index contributed by atoms with van der Waals surface area (Å²) in [6.07, 6.45) is 1.61. The van der Waals surface area contributed by atoms with Gasteiger partial charge in [0.15, 0.2) is 17.3 Å². The predicted molar refractivity (Wildman–Crippen MR) is 119 cm³/mol. The van der Waals surface area contributed by atoms with Crippen LogP contribution in [0.3, 0.4) is 0 Å². The van der Waals surface area contributed by atoms with Crippen LogP contribution in [-0.4, -0.2) is 54.0 Å². The molecule has 2 aromatic carbocycles. The van der Waals surface area contributed by atoms with Gasteiger partial charge in [-0.05, 0) is 48.0 Å². The number of carbonyl (C=O) groups excluding carboxylic acids is 1. The Bertz CT molecular complexity index is 1070. The number of nitrogens with zero attached hydrogens (tertiary/aromatic N) is 4. The van der Waals surface area contributed by atoms with Crippen LogP contribution in [0.15, 0.2) is 52.7 Å². The van der Waals surface area contributed by atoms with Crippen LogP contribution in [0, 0.1) is 0 Å². The lowest BCUT2D eigenvalue weighted by atomic mass is 10.1. The van der Waals surface area contributed by atoms with Gasteiger partial charge in [-0.2, -0.15) is 5.10 Å². The lowest BCUT2D eigenvalue weighted by Gasteiger charge is -2.09. The van der Waals surface area contributed by atoms with Crippen molar-refractivity contribution in [3.8, 4) is 17.2 Å². The molecule has 0 radical (unpaired) electrons. The van der Waals surface area contributed by atoms with Crippen molar-refractivity contribution < 1.29 is 19.0 Å². The Morgan fingerprint density at radius 2 is 1.84 bits per heavy atom. The summed E-state index contributed by atoms with van der Waals surface area (Å²) in [4.78, 5) is 12.5. The van der Waals surface area contributed by atoms with Gasteiger partial charge in [0.2, 0.25) is 5.16 Å². The minimum atomic E-state index is -0.110. The third kappa shape index (κ3) is 5.45. The maximum Gasteiger partial charge on any atom is 0.264 e. The van der Waals surface area contributed by atoms with Crippen LogP contribution in [-0.2, 0) is 0 Å². The highest BCUT2D eigenvalue weighted by Crippen LogP contribution is 2.28. The number of aromatic nitrogens is 3. The van der Waals surface area contributed by atoms with Crippen LogP contribution < -0.4 is 25.5 Å². The molecule has 162 valence electrons. The van der Waals surface area contributed by atoms with E-state index in [1.54, 1.807) is 31.5 Å². The molecule has 1 heterocycles. The van der Waals surface area contributed by atoms with Crippen molar-refractivity contribution in [1.82, 2.24) is 14.9 Å². The van der Waals surface area contributed by atoms with Crippen LogP contribution in [0.25, 0.3) is 0 Å². The van der Waals surface area contributed by atoms with E-state index >= 15 is 0 Å². The number of thioether (sulfide) groups is 1. The number of hydrogen-bond acceptors (Lipinski definition) is 10. The summed E-state index contributed by atoms with van der Waals surface area (Å²) in [6.45, 7) is 0. The van der Waals surface area contributed by atoms with Crippen LogP contribution in [0.2, 0.25) is 0 Å². The smallest absolute Gasteiger partial charge is 0.264 e. The maximum atomic E-state index is 12.5. The molecule has 0 saturated carbocycles. The normalized spacial score (nSPS) is 10.8. The fraction of sp³-hybridized carbons (Fsp3) is 0.200. The van der Waals surface area contributed by atoms with Crippen molar-refractivity contribution in [3.05, 3.63) is 53.6 Å². The van der Waals surface area contributed by atoms with Crippen molar-refractivity contribution in [3.63, 3.8) is 0 Å². The van der Waals surface area contributed by atoms with Crippen molar-refractivity contribution in [2.24, 2.45) is 5.10 Å². The number of nitrogen functional groups attached to an aromatic ring is 1. The quantitative estimate of drug-likeness (QED) is 0.160. The molecule has 3 N–H and O–H groups in total. The van der Waals surface area contributed by atoms with E-state index in [1.807, 2.05) is 24.3 Å². The number of anilines is 1. The molecule has 0 aliphatic heterocycles. The van der Waals surface area contributed by atoms with Crippen LogP contribution in [0.5, 0.6) is 17.2 Å². The van der Waals surface area contributed by atoms with E-state index < -0.39 is 0 Å². The van der Waals surface area contributed by atoms with E-state index in [2.05, 4.69) is 20.7 Å².